The van der Waals surface area contributed by atoms with Crippen LogP contribution < -0.4 is 14.9 Å². The lowest BCUT2D eigenvalue weighted by atomic mass is 10.2. The van der Waals surface area contributed by atoms with Crippen LogP contribution in [0.3, 0.4) is 0 Å². The van der Waals surface area contributed by atoms with Crippen LogP contribution in [0.15, 0.2) is 29.2 Å². The maximum Gasteiger partial charge on any atom is 0.321 e. The Bertz CT molecular complexity index is 840. The summed E-state index contributed by atoms with van der Waals surface area (Å²) in [5, 5.41) is 9.28. The molecule has 3 N–H and O–H groups in total. The number of rotatable bonds is 4. The van der Waals surface area contributed by atoms with Crippen molar-refractivity contribution in [2.45, 2.75) is 18.7 Å². The molecule has 0 unspecified atom stereocenters. The summed E-state index contributed by atoms with van der Waals surface area (Å²) in [4.78, 5) is 13.4. The molecule has 2 aromatic rings. The van der Waals surface area contributed by atoms with E-state index in [1.165, 1.54) is 0 Å². The minimum absolute atomic E-state index is 0.141. The first kappa shape index (κ1) is 15.3. The number of carbonyl (C=O) groups is 1. The topological polar surface area (TPSA) is 107 Å². The molecule has 0 bridgehead atoms. The minimum atomic E-state index is -3.75. The molecule has 0 radical (unpaired) electrons. The van der Waals surface area contributed by atoms with Gasteiger partial charge in [0.25, 0.3) is 10.0 Å². The minimum Gasteiger partial charge on any atom is -0.336 e. The van der Waals surface area contributed by atoms with E-state index in [0.29, 0.717) is 35.9 Å². The highest BCUT2D eigenvalue weighted by Crippen LogP contribution is 2.25. The molecular weight excluding hydrogens is 318 g/mol. The molecule has 0 atom stereocenters. The highest BCUT2D eigenvalue weighted by Gasteiger charge is 2.24. The van der Waals surface area contributed by atoms with Crippen molar-refractivity contribution >= 4 is 27.4 Å². The Labute approximate surface area is 133 Å². The number of aromatic nitrogens is 2. The summed E-state index contributed by atoms with van der Waals surface area (Å²) in [5.74, 6) is 0. The van der Waals surface area contributed by atoms with E-state index >= 15 is 0 Å². The first-order valence-electron chi connectivity index (χ1n) is 7.08. The van der Waals surface area contributed by atoms with Crippen molar-refractivity contribution in [3.63, 3.8) is 0 Å². The van der Waals surface area contributed by atoms with Gasteiger partial charge in [0, 0.05) is 18.8 Å². The quantitative estimate of drug-likeness (QED) is 0.784. The molecule has 1 aromatic heterocycles. The second kappa shape index (κ2) is 5.58. The second-order valence-electron chi connectivity index (χ2n) is 5.30. The molecule has 0 spiro atoms. The van der Waals surface area contributed by atoms with Crippen molar-refractivity contribution in [3.8, 4) is 0 Å². The van der Waals surface area contributed by atoms with Crippen LogP contribution in [0.25, 0.3) is 0 Å². The summed E-state index contributed by atoms with van der Waals surface area (Å²) in [6.07, 6.45) is 0. The summed E-state index contributed by atoms with van der Waals surface area (Å²) in [6, 6.07) is 6.55. The Kier molecular flexibility index (Phi) is 3.72. The molecule has 1 fully saturated rings. The van der Waals surface area contributed by atoms with Gasteiger partial charge in [0.15, 0.2) is 0 Å². The number of aromatic amines is 1. The molecule has 1 saturated heterocycles. The number of nitrogens with one attached hydrogen (secondary N) is 3. The van der Waals surface area contributed by atoms with Crippen molar-refractivity contribution in [1.82, 2.24) is 15.5 Å². The number of hydrogen-bond acceptors (Lipinski definition) is 4. The number of amides is 2. The highest BCUT2D eigenvalue weighted by molar-refractivity contribution is 7.92. The second-order valence-corrected chi connectivity index (χ2v) is 6.92. The molecule has 8 nitrogen and oxygen atoms in total. The van der Waals surface area contributed by atoms with Gasteiger partial charge in [0.1, 0.15) is 4.90 Å². The monoisotopic (exact) mass is 335 g/mol. The Morgan fingerprint density at radius 1 is 1.30 bits per heavy atom. The van der Waals surface area contributed by atoms with E-state index in [9.17, 15) is 13.2 Å². The van der Waals surface area contributed by atoms with Gasteiger partial charge in [-0.2, -0.15) is 5.10 Å². The van der Waals surface area contributed by atoms with Crippen molar-refractivity contribution < 1.29 is 13.2 Å². The van der Waals surface area contributed by atoms with Gasteiger partial charge >= 0.3 is 6.03 Å². The van der Waals surface area contributed by atoms with Gasteiger partial charge in [0.05, 0.1) is 17.1 Å². The first-order chi connectivity index (χ1) is 10.9. The molecule has 2 heterocycles. The van der Waals surface area contributed by atoms with E-state index < -0.39 is 10.0 Å². The van der Waals surface area contributed by atoms with E-state index in [1.54, 1.807) is 43.0 Å². The van der Waals surface area contributed by atoms with Gasteiger partial charge in [-0.15, -0.1) is 0 Å². The molecule has 1 aliphatic rings. The standard InChI is InChI=1S/C14H17N5O3S/c1-9-13(10(2)17-16-9)23(21,22)18-11-4-3-5-12(8-11)19-7-6-15-14(19)20/h3-5,8,18H,6-7H2,1-2H3,(H,15,20)(H,16,17). The number of hydrogen-bond donors (Lipinski definition) is 3. The van der Waals surface area contributed by atoms with Crippen LogP contribution >= 0.6 is 0 Å². The lowest BCUT2D eigenvalue weighted by Crippen LogP contribution is -2.27. The molecule has 3 rings (SSSR count). The average Bonchev–Trinajstić information content (AvgIpc) is 3.05. The maximum atomic E-state index is 12.5. The van der Waals surface area contributed by atoms with Crippen LogP contribution in [0.2, 0.25) is 0 Å². The lowest BCUT2D eigenvalue weighted by Gasteiger charge is -2.16. The smallest absolute Gasteiger partial charge is 0.321 e. The van der Waals surface area contributed by atoms with Gasteiger partial charge in [-0.1, -0.05) is 6.07 Å². The maximum absolute atomic E-state index is 12.5. The van der Waals surface area contributed by atoms with Crippen LogP contribution in [-0.2, 0) is 10.0 Å². The molecule has 2 amide bonds. The van der Waals surface area contributed by atoms with Gasteiger partial charge in [0.2, 0.25) is 0 Å². The van der Waals surface area contributed by atoms with Gasteiger partial charge in [-0.05, 0) is 32.0 Å². The molecule has 0 saturated carbocycles. The summed E-state index contributed by atoms with van der Waals surface area (Å²) < 4.78 is 27.6. The highest BCUT2D eigenvalue weighted by atomic mass is 32.2. The molecule has 0 aliphatic carbocycles. The Balaban J connectivity index is 1.90. The van der Waals surface area contributed by atoms with Gasteiger partial charge in [-0.3, -0.25) is 14.7 Å². The number of benzene rings is 1. The number of nitrogens with zero attached hydrogens (tertiary/aromatic N) is 2. The molecular formula is C14H17N5O3S. The van der Waals surface area contributed by atoms with E-state index in [0.717, 1.165) is 0 Å². The van der Waals surface area contributed by atoms with Gasteiger partial charge in [-0.25, -0.2) is 13.2 Å². The molecule has 9 heteroatoms. The van der Waals surface area contributed by atoms with Crippen LogP contribution in [0.5, 0.6) is 0 Å². The van der Waals surface area contributed by atoms with Crippen LogP contribution in [0.4, 0.5) is 16.2 Å². The number of sulfonamides is 1. The molecule has 23 heavy (non-hydrogen) atoms. The normalized spacial score (nSPS) is 14.9. The number of urea groups is 1. The first-order valence-corrected chi connectivity index (χ1v) is 8.56. The number of H-pyrrole nitrogens is 1. The third kappa shape index (κ3) is 2.87. The summed E-state index contributed by atoms with van der Waals surface area (Å²) in [6.45, 7) is 4.40. The number of carbonyl (C=O) groups excluding carboxylic acids is 1. The number of aryl methyl sites for hydroxylation is 2. The Morgan fingerprint density at radius 2 is 2.09 bits per heavy atom. The van der Waals surface area contributed by atoms with E-state index in [2.05, 4.69) is 20.2 Å². The fourth-order valence-corrected chi connectivity index (χ4v) is 4.02. The third-order valence-corrected chi connectivity index (χ3v) is 5.24. The van der Waals surface area contributed by atoms with Crippen LogP contribution in [-0.4, -0.2) is 37.7 Å². The zero-order valence-corrected chi connectivity index (χ0v) is 13.6. The largest absolute Gasteiger partial charge is 0.336 e. The molecule has 1 aromatic carbocycles. The van der Waals surface area contributed by atoms with Crippen LogP contribution in [0, 0.1) is 13.8 Å². The summed E-state index contributed by atoms with van der Waals surface area (Å²) in [5.41, 5.74) is 1.91. The van der Waals surface area contributed by atoms with E-state index in [1.807, 2.05) is 0 Å². The molecule has 122 valence electrons. The van der Waals surface area contributed by atoms with Crippen molar-refractivity contribution in [3.05, 3.63) is 35.7 Å². The predicted octanol–water partition coefficient (Wildman–Crippen LogP) is 1.36. The zero-order valence-electron chi connectivity index (χ0n) is 12.8. The number of anilines is 2. The van der Waals surface area contributed by atoms with Crippen molar-refractivity contribution in [2.24, 2.45) is 0 Å². The van der Waals surface area contributed by atoms with Crippen LogP contribution in [0.1, 0.15) is 11.4 Å². The average molecular weight is 335 g/mol. The predicted molar refractivity (Wildman–Crippen MR) is 86.1 cm³/mol. The SMILES string of the molecule is Cc1n[nH]c(C)c1S(=O)(=O)Nc1cccc(N2CCNC2=O)c1. The fourth-order valence-electron chi connectivity index (χ4n) is 2.60. The van der Waals surface area contributed by atoms with E-state index in [4.69, 9.17) is 0 Å². The summed E-state index contributed by atoms with van der Waals surface area (Å²) >= 11 is 0. The third-order valence-electron chi connectivity index (χ3n) is 3.60. The van der Waals surface area contributed by atoms with Crippen molar-refractivity contribution in [1.29, 1.82) is 0 Å². The van der Waals surface area contributed by atoms with E-state index in [-0.39, 0.29) is 10.9 Å². The lowest BCUT2D eigenvalue weighted by molar-refractivity contribution is 0.252. The molecule has 1 aliphatic heterocycles. The Morgan fingerprint density at radius 3 is 2.70 bits per heavy atom. The fraction of sp³-hybridized carbons (Fsp3) is 0.286. The van der Waals surface area contributed by atoms with Gasteiger partial charge < -0.3 is 5.32 Å². The zero-order chi connectivity index (χ0) is 16.6. The summed E-state index contributed by atoms with van der Waals surface area (Å²) in [7, 11) is -3.75. The Hall–Kier alpha value is -2.55. The van der Waals surface area contributed by atoms with Crippen molar-refractivity contribution in [2.75, 3.05) is 22.7 Å².